The van der Waals surface area contributed by atoms with E-state index >= 15 is 0 Å². The summed E-state index contributed by atoms with van der Waals surface area (Å²) in [5.74, 6) is -1.57. The highest BCUT2D eigenvalue weighted by atomic mass is 32.2. The first-order chi connectivity index (χ1) is 22.5. The van der Waals surface area contributed by atoms with E-state index in [-0.39, 0.29) is 18.9 Å². The van der Waals surface area contributed by atoms with Crippen LogP contribution in [0, 0.1) is 5.92 Å². The average Bonchev–Trinajstić information content (AvgIpc) is 3.94. The van der Waals surface area contributed by atoms with Gasteiger partial charge in [0, 0.05) is 20.0 Å². The monoisotopic (exact) mass is 673 g/mol. The summed E-state index contributed by atoms with van der Waals surface area (Å²) < 4.78 is 37.7. The number of benzene rings is 1. The maximum Gasteiger partial charge on any atom is 0.410 e. The molecule has 2 aliphatic heterocycles. The molecule has 4 atom stereocenters. The Balaban J connectivity index is 1.13. The minimum absolute atomic E-state index is 0.0166. The van der Waals surface area contributed by atoms with Crippen molar-refractivity contribution in [3.63, 3.8) is 0 Å². The van der Waals surface area contributed by atoms with Gasteiger partial charge in [0.1, 0.15) is 17.7 Å². The van der Waals surface area contributed by atoms with Crippen LogP contribution < -0.4 is 15.4 Å². The predicted molar refractivity (Wildman–Crippen MR) is 170 cm³/mol. The Labute approximate surface area is 274 Å². The molecule has 3 N–H and O–H groups in total. The Hall–Kier alpha value is -4.14. The van der Waals surface area contributed by atoms with Gasteiger partial charge in [-0.15, -0.1) is 0 Å². The van der Waals surface area contributed by atoms with E-state index < -0.39 is 57.0 Å². The maximum absolute atomic E-state index is 13.4. The topological polar surface area (TPSA) is 181 Å². The summed E-state index contributed by atoms with van der Waals surface area (Å²) >= 11 is 0. The van der Waals surface area contributed by atoms with Crippen LogP contribution in [0.4, 0.5) is 9.59 Å². The standard InChI is InChI=1S/C32H43N5O9S/c1-3-23-16-32(23,29(40)35-47(43,44)25-12-13-25)34-28(39)27-15-24(18-37(27)20-38)46-31(42)36-17-22-11-8-10-21(26(22)19-36)9-6-4-5-7-14-45-30(41)33-2/h6,8-11,20,23-25,27H,3-5,7,12-19H2,1-2H3,(H,33,41)(H,34,39)(H,35,40)/b9-6+/t23?,24-,27+,32-/m1/s1. The van der Waals surface area contributed by atoms with Crippen LogP contribution in [-0.4, -0.2) is 91.8 Å². The van der Waals surface area contributed by atoms with Crippen molar-refractivity contribution in [1.82, 2.24) is 25.2 Å². The molecule has 0 spiro atoms. The van der Waals surface area contributed by atoms with Gasteiger partial charge >= 0.3 is 12.2 Å². The number of hydrogen-bond donors (Lipinski definition) is 3. The fourth-order valence-electron chi connectivity index (χ4n) is 6.34. The van der Waals surface area contributed by atoms with E-state index in [1.165, 1.54) is 11.9 Å². The molecule has 256 valence electrons. The minimum Gasteiger partial charge on any atom is -0.450 e. The highest BCUT2D eigenvalue weighted by Gasteiger charge is 2.62. The fraction of sp³-hybridized carbons (Fsp3) is 0.594. The van der Waals surface area contributed by atoms with Crippen molar-refractivity contribution in [2.75, 3.05) is 20.2 Å². The van der Waals surface area contributed by atoms with Crippen LogP contribution in [0.2, 0.25) is 0 Å². The first-order valence-electron chi connectivity index (χ1n) is 16.2. The molecule has 0 bridgehead atoms. The van der Waals surface area contributed by atoms with Crippen molar-refractivity contribution in [1.29, 1.82) is 0 Å². The van der Waals surface area contributed by atoms with Gasteiger partial charge in [-0.2, -0.15) is 0 Å². The van der Waals surface area contributed by atoms with Crippen LogP contribution in [0.15, 0.2) is 24.3 Å². The van der Waals surface area contributed by atoms with Crippen LogP contribution >= 0.6 is 0 Å². The fourth-order valence-corrected chi connectivity index (χ4v) is 7.70. The molecule has 1 aromatic rings. The molecule has 5 amide bonds. The number of amides is 5. The van der Waals surface area contributed by atoms with Crippen LogP contribution in [0.5, 0.6) is 0 Å². The number of rotatable bonds is 14. The normalized spacial score (nSPS) is 24.9. The molecule has 14 nitrogen and oxygen atoms in total. The first-order valence-corrected chi connectivity index (χ1v) is 17.7. The number of allylic oxidation sites excluding steroid dienone is 1. The number of carbonyl (C=O) groups excluding carboxylic acids is 5. The SMILES string of the molecule is CCC1C[C@]1(NC(=O)[C@@H]1C[C@@H](OC(=O)N2Cc3cccc(/C=C/CCCCOC(=O)NC)c3C2)CN1C=O)C(=O)NS(=O)(=O)C1CC1. The Kier molecular flexibility index (Phi) is 10.4. The highest BCUT2D eigenvalue weighted by molar-refractivity contribution is 7.91. The van der Waals surface area contributed by atoms with Crippen molar-refractivity contribution in [2.45, 2.75) is 94.3 Å². The van der Waals surface area contributed by atoms with E-state index in [1.54, 1.807) is 4.90 Å². The molecule has 15 heteroatoms. The van der Waals surface area contributed by atoms with Gasteiger partial charge in [-0.1, -0.05) is 43.7 Å². The molecule has 2 saturated carbocycles. The second-order valence-corrected chi connectivity index (χ2v) is 14.6. The summed E-state index contributed by atoms with van der Waals surface area (Å²) in [5.41, 5.74) is 1.66. The molecule has 2 heterocycles. The van der Waals surface area contributed by atoms with Gasteiger partial charge in [0.05, 0.1) is 24.9 Å². The van der Waals surface area contributed by atoms with Gasteiger partial charge in [-0.25, -0.2) is 18.0 Å². The number of carbonyl (C=O) groups is 5. The van der Waals surface area contributed by atoms with Crippen LogP contribution in [0.1, 0.15) is 75.0 Å². The molecule has 0 radical (unpaired) electrons. The zero-order valence-corrected chi connectivity index (χ0v) is 27.6. The number of fused-ring (bicyclic) bond motifs is 1. The van der Waals surface area contributed by atoms with E-state index in [0.717, 1.165) is 36.0 Å². The van der Waals surface area contributed by atoms with Crippen molar-refractivity contribution < 1.29 is 41.9 Å². The maximum atomic E-state index is 13.4. The lowest BCUT2D eigenvalue weighted by Crippen LogP contribution is -2.56. The Morgan fingerprint density at radius 3 is 2.60 bits per heavy atom. The molecular formula is C32H43N5O9S. The third-order valence-electron chi connectivity index (χ3n) is 9.33. The Morgan fingerprint density at radius 2 is 1.91 bits per heavy atom. The zero-order valence-electron chi connectivity index (χ0n) is 26.7. The lowest BCUT2D eigenvalue weighted by Gasteiger charge is -2.24. The average molecular weight is 674 g/mol. The molecule has 47 heavy (non-hydrogen) atoms. The summed E-state index contributed by atoms with van der Waals surface area (Å²) in [7, 11) is -2.28. The van der Waals surface area contributed by atoms with E-state index in [9.17, 15) is 32.4 Å². The predicted octanol–water partition coefficient (Wildman–Crippen LogP) is 2.17. The molecule has 0 aromatic heterocycles. The molecule has 2 aliphatic carbocycles. The number of hydrogen-bond acceptors (Lipinski definition) is 9. The van der Waals surface area contributed by atoms with Gasteiger partial charge in [0.25, 0.3) is 5.91 Å². The highest BCUT2D eigenvalue weighted by Crippen LogP contribution is 2.47. The van der Waals surface area contributed by atoms with E-state index in [4.69, 9.17) is 9.47 Å². The van der Waals surface area contributed by atoms with Gasteiger partial charge in [0.2, 0.25) is 22.3 Å². The summed E-state index contributed by atoms with van der Waals surface area (Å²) in [6.45, 7) is 2.94. The van der Waals surface area contributed by atoms with Crippen LogP contribution in [-0.2, 0) is 47.0 Å². The van der Waals surface area contributed by atoms with Crippen molar-refractivity contribution >= 4 is 46.5 Å². The second-order valence-electron chi connectivity index (χ2n) is 12.6. The summed E-state index contributed by atoms with van der Waals surface area (Å²) in [5, 5.41) is 4.57. The van der Waals surface area contributed by atoms with E-state index in [2.05, 4.69) is 21.4 Å². The molecular weight excluding hydrogens is 630 g/mol. The summed E-state index contributed by atoms with van der Waals surface area (Å²) in [4.78, 5) is 65.6. The lowest BCUT2D eigenvalue weighted by molar-refractivity contribution is -0.134. The second kappa shape index (κ2) is 14.3. The van der Waals surface area contributed by atoms with Crippen LogP contribution in [0.25, 0.3) is 6.08 Å². The number of likely N-dealkylation sites (tertiary alicyclic amines) is 1. The van der Waals surface area contributed by atoms with Crippen molar-refractivity contribution in [2.24, 2.45) is 5.92 Å². The van der Waals surface area contributed by atoms with Crippen molar-refractivity contribution in [3.8, 4) is 0 Å². The van der Waals surface area contributed by atoms with E-state index in [1.807, 2.05) is 31.2 Å². The lowest BCUT2D eigenvalue weighted by atomic mass is 10.0. The number of sulfonamides is 1. The summed E-state index contributed by atoms with van der Waals surface area (Å²) in [6.07, 6.45) is 7.17. The smallest absolute Gasteiger partial charge is 0.410 e. The number of unbranched alkanes of at least 4 members (excludes halogenated alkanes) is 2. The van der Waals surface area contributed by atoms with Gasteiger partial charge in [0.15, 0.2) is 0 Å². The zero-order chi connectivity index (χ0) is 33.8. The summed E-state index contributed by atoms with van der Waals surface area (Å²) in [6, 6.07) is 4.90. The molecule has 4 aliphatic rings. The van der Waals surface area contributed by atoms with Gasteiger partial charge < -0.3 is 25.0 Å². The van der Waals surface area contributed by atoms with Gasteiger partial charge in [-0.05, 0) is 61.1 Å². The minimum atomic E-state index is -3.80. The molecule has 1 aromatic carbocycles. The third-order valence-corrected chi connectivity index (χ3v) is 11.2. The Morgan fingerprint density at radius 1 is 1.13 bits per heavy atom. The van der Waals surface area contributed by atoms with Crippen LogP contribution in [0.3, 0.4) is 0 Å². The number of nitrogens with zero attached hydrogens (tertiary/aromatic N) is 2. The van der Waals surface area contributed by atoms with Crippen molar-refractivity contribution in [3.05, 3.63) is 41.0 Å². The molecule has 3 fully saturated rings. The quantitative estimate of drug-likeness (QED) is 0.197. The molecule has 5 rings (SSSR count). The van der Waals surface area contributed by atoms with Gasteiger partial charge in [-0.3, -0.25) is 24.0 Å². The van der Waals surface area contributed by atoms with E-state index in [0.29, 0.717) is 51.8 Å². The first kappa shape index (κ1) is 34.2. The number of ether oxygens (including phenoxy) is 2. The number of alkyl carbamates (subject to hydrolysis) is 1. The molecule has 1 unspecified atom stereocenters. The third kappa shape index (κ3) is 7.88. The molecule has 1 saturated heterocycles. The number of nitrogens with one attached hydrogen (secondary N) is 3. The Bertz CT molecular complexity index is 1530. The largest absolute Gasteiger partial charge is 0.450 e.